The predicted octanol–water partition coefficient (Wildman–Crippen LogP) is 13.8. The average molecular weight is 749 g/mol. The summed E-state index contributed by atoms with van der Waals surface area (Å²) >= 11 is 1.81. The van der Waals surface area contributed by atoms with E-state index >= 15 is 0 Å². The van der Waals surface area contributed by atoms with E-state index in [0.717, 1.165) is 77.2 Å². The zero-order valence-corrected chi connectivity index (χ0v) is 31.0. The van der Waals surface area contributed by atoms with Gasteiger partial charge in [-0.2, -0.15) is 0 Å². The molecule has 0 aliphatic heterocycles. The van der Waals surface area contributed by atoms with Crippen LogP contribution in [0, 0.1) is 0 Å². The molecule has 0 aliphatic rings. The second-order valence-corrected chi connectivity index (χ2v) is 15.3. The van der Waals surface area contributed by atoms with E-state index in [2.05, 4.69) is 91.0 Å². The Kier molecular flexibility index (Phi) is 7.00. The number of benzene rings is 8. The number of hydrogen-bond acceptors (Lipinski definition) is 7. The second-order valence-electron chi connectivity index (χ2n) is 14.2. The van der Waals surface area contributed by atoms with Crippen LogP contribution >= 0.6 is 11.3 Å². The highest BCUT2D eigenvalue weighted by atomic mass is 32.1. The van der Waals surface area contributed by atoms with E-state index in [4.69, 9.17) is 28.8 Å². The van der Waals surface area contributed by atoms with Gasteiger partial charge < -0.3 is 8.83 Å². The van der Waals surface area contributed by atoms with Crippen LogP contribution in [0.15, 0.2) is 179 Å². The van der Waals surface area contributed by atoms with E-state index in [9.17, 15) is 0 Å². The highest BCUT2D eigenvalue weighted by Gasteiger charge is 2.18. The molecular weight excluding hydrogens is 721 g/mol. The number of para-hydroxylation sites is 2. The van der Waals surface area contributed by atoms with Gasteiger partial charge in [0.2, 0.25) is 5.89 Å². The lowest BCUT2D eigenvalue weighted by molar-refractivity contribution is 0.623. The molecule has 0 saturated carbocycles. The summed E-state index contributed by atoms with van der Waals surface area (Å²) in [5.74, 6) is 2.35. The highest BCUT2D eigenvalue weighted by Crippen LogP contribution is 2.42. The summed E-state index contributed by atoms with van der Waals surface area (Å²) in [4.78, 5) is 19.9. The number of hydrogen-bond donors (Lipinski definition) is 0. The summed E-state index contributed by atoms with van der Waals surface area (Å²) in [6.45, 7) is 0. The molecule has 0 fully saturated rings. The molecule has 7 heteroatoms. The van der Waals surface area contributed by atoms with Gasteiger partial charge in [0.05, 0.1) is 0 Å². The Morgan fingerprint density at radius 1 is 0.368 bits per heavy atom. The Morgan fingerprint density at radius 3 is 1.75 bits per heavy atom. The molecule has 4 heterocycles. The molecule has 0 amide bonds. The van der Waals surface area contributed by atoms with E-state index < -0.39 is 0 Å². The van der Waals surface area contributed by atoms with Crippen molar-refractivity contribution in [1.82, 2.24) is 19.9 Å². The van der Waals surface area contributed by atoms with Crippen LogP contribution < -0.4 is 0 Å². The third-order valence-corrected chi connectivity index (χ3v) is 11.9. The molecule has 8 aromatic carbocycles. The Hall–Kier alpha value is -7.48. The average Bonchev–Trinajstić information content (AvgIpc) is 4.00. The van der Waals surface area contributed by atoms with Crippen molar-refractivity contribution in [2.45, 2.75) is 0 Å². The number of fused-ring (bicyclic) bond motifs is 10. The maximum absolute atomic E-state index is 6.62. The fourth-order valence-electron chi connectivity index (χ4n) is 8.02. The lowest BCUT2D eigenvalue weighted by Gasteiger charge is -2.09. The molecule has 0 bridgehead atoms. The standard InChI is InChI=1S/C50H28N4O2S/c1-2-9-31(10-3-1)47-52-48(32-19-17-29(18-20-32)35-13-8-14-37-36-11-4-6-15-40(36)55-45(35)37)54-49(53-47)33-21-23-34(24-22-33)50-51-39-27-25-30-26-28-42-44(43(30)46(39)56-50)38-12-5-7-16-41(38)57-42/h1-28H. The number of oxazole rings is 1. The smallest absolute Gasteiger partial charge is 0.227 e. The minimum atomic E-state index is 0.570. The van der Waals surface area contributed by atoms with E-state index in [0.29, 0.717) is 23.4 Å². The molecule has 266 valence electrons. The van der Waals surface area contributed by atoms with Gasteiger partial charge in [0.25, 0.3) is 0 Å². The first-order chi connectivity index (χ1) is 28.2. The maximum atomic E-state index is 6.62. The Labute approximate surface area is 329 Å². The van der Waals surface area contributed by atoms with Crippen LogP contribution in [0.1, 0.15) is 0 Å². The molecule has 0 radical (unpaired) electrons. The number of thiophene rings is 1. The van der Waals surface area contributed by atoms with Gasteiger partial charge in [-0.05, 0) is 47.3 Å². The van der Waals surface area contributed by atoms with Crippen LogP contribution in [-0.2, 0) is 0 Å². The molecule has 12 rings (SSSR count). The molecule has 57 heavy (non-hydrogen) atoms. The van der Waals surface area contributed by atoms with Crippen molar-refractivity contribution in [1.29, 1.82) is 0 Å². The minimum Gasteiger partial charge on any atom is -0.455 e. The van der Waals surface area contributed by atoms with Gasteiger partial charge in [0, 0.05) is 64.1 Å². The highest BCUT2D eigenvalue weighted by molar-refractivity contribution is 7.26. The summed E-state index contributed by atoms with van der Waals surface area (Å²) in [5.41, 5.74) is 9.02. The molecule has 0 saturated heterocycles. The molecule has 0 unspecified atom stereocenters. The van der Waals surface area contributed by atoms with Gasteiger partial charge in [0.15, 0.2) is 23.1 Å². The lowest BCUT2D eigenvalue weighted by Crippen LogP contribution is -2.00. The molecule has 12 aromatic rings. The quantitative estimate of drug-likeness (QED) is 0.174. The van der Waals surface area contributed by atoms with Crippen molar-refractivity contribution in [2.24, 2.45) is 0 Å². The van der Waals surface area contributed by atoms with Crippen molar-refractivity contribution in [2.75, 3.05) is 0 Å². The summed E-state index contributed by atoms with van der Waals surface area (Å²) in [5, 5.41) is 6.90. The van der Waals surface area contributed by atoms with Crippen LogP contribution in [0.25, 0.3) is 121 Å². The Bertz CT molecular complexity index is 3510. The van der Waals surface area contributed by atoms with Crippen LogP contribution in [-0.4, -0.2) is 19.9 Å². The summed E-state index contributed by atoms with van der Waals surface area (Å²) in [6.07, 6.45) is 0. The van der Waals surface area contributed by atoms with E-state index in [1.165, 1.54) is 20.2 Å². The van der Waals surface area contributed by atoms with Crippen LogP contribution in [0.4, 0.5) is 0 Å². The van der Waals surface area contributed by atoms with Gasteiger partial charge in [-0.25, -0.2) is 19.9 Å². The Morgan fingerprint density at radius 2 is 0.982 bits per heavy atom. The zero-order valence-electron chi connectivity index (χ0n) is 30.2. The fourth-order valence-corrected chi connectivity index (χ4v) is 9.13. The van der Waals surface area contributed by atoms with Crippen LogP contribution in [0.3, 0.4) is 0 Å². The van der Waals surface area contributed by atoms with Gasteiger partial charge in [-0.1, -0.05) is 133 Å². The topological polar surface area (TPSA) is 77.8 Å². The third kappa shape index (κ3) is 5.17. The zero-order chi connectivity index (χ0) is 37.5. The monoisotopic (exact) mass is 748 g/mol. The molecule has 4 aromatic heterocycles. The first-order valence-corrected chi connectivity index (χ1v) is 19.6. The van der Waals surface area contributed by atoms with Crippen molar-refractivity contribution < 1.29 is 8.83 Å². The van der Waals surface area contributed by atoms with E-state index in [1.54, 1.807) is 11.3 Å². The molecule has 0 atom stereocenters. The van der Waals surface area contributed by atoms with Crippen molar-refractivity contribution in [3.05, 3.63) is 170 Å². The molecule has 0 aliphatic carbocycles. The number of furan rings is 1. The SMILES string of the molecule is c1ccc(-c2nc(-c3ccc(-c4nc5ccc6ccc7sc8ccccc8c7c6c5o4)cc3)nc(-c3ccc(-c4cccc5c4oc4ccccc45)cc3)n2)cc1. The summed E-state index contributed by atoms with van der Waals surface area (Å²) in [7, 11) is 0. The van der Waals surface area contributed by atoms with Gasteiger partial charge in [-0.3, -0.25) is 0 Å². The molecule has 0 spiro atoms. The van der Waals surface area contributed by atoms with E-state index in [1.807, 2.05) is 78.9 Å². The lowest BCUT2D eigenvalue weighted by atomic mass is 10.0. The maximum Gasteiger partial charge on any atom is 0.227 e. The van der Waals surface area contributed by atoms with Crippen molar-refractivity contribution in [3.63, 3.8) is 0 Å². The number of aromatic nitrogens is 4. The van der Waals surface area contributed by atoms with Crippen LogP contribution in [0.5, 0.6) is 0 Å². The first kappa shape index (κ1) is 31.8. The summed E-state index contributed by atoms with van der Waals surface area (Å²) in [6, 6.07) is 58.0. The van der Waals surface area contributed by atoms with E-state index in [-0.39, 0.29) is 0 Å². The predicted molar refractivity (Wildman–Crippen MR) is 232 cm³/mol. The van der Waals surface area contributed by atoms with Crippen LogP contribution in [0.2, 0.25) is 0 Å². The largest absolute Gasteiger partial charge is 0.455 e. The van der Waals surface area contributed by atoms with Crippen molar-refractivity contribution >= 4 is 75.3 Å². The van der Waals surface area contributed by atoms with Gasteiger partial charge >= 0.3 is 0 Å². The molecular formula is C50H28N4O2S. The number of rotatable bonds is 5. The normalized spacial score (nSPS) is 11.9. The summed E-state index contributed by atoms with van der Waals surface area (Å²) < 4.78 is 15.5. The minimum absolute atomic E-state index is 0.570. The van der Waals surface area contributed by atoms with Gasteiger partial charge in [-0.15, -0.1) is 11.3 Å². The van der Waals surface area contributed by atoms with Gasteiger partial charge in [0.1, 0.15) is 16.7 Å². The first-order valence-electron chi connectivity index (χ1n) is 18.8. The number of nitrogens with zero attached hydrogens (tertiary/aromatic N) is 4. The van der Waals surface area contributed by atoms with Crippen molar-refractivity contribution in [3.8, 4) is 56.7 Å². The molecule has 6 nitrogen and oxygen atoms in total. The fraction of sp³-hybridized carbons (Fsp3) is 0. The second kappa shape index (κ2) is 12.5. The molecule has 0 N–H and O–H groups in total. The Balaban J connectivity index is 0.925. The third-order valence-electron chi connectivity index (χ3n) is 10.8.